The van der Waals surface area contributed by atoms with Gasteiger partial charge in [-0.15, -0.1) is 0 Å². The standard InChI is InChI=1S/C22H24O2/c1-22(2,3)20-14-16(13-15-9-11-17(24-4)12-10-15)21(23)19-8-6-5-7-18(19)20/h5-13,20H,14H2,1-4H3/b16-13+/t20-/m1/s1. The molecule has 0 amide bonds. The van der Waals surface area contributed by atoms with Crippen molar-refractivity contribution in [3.8, 4) is 5.75 Å². The van der Waals surface area contributed by atoms with Crippen molar-refractivity contribution in [2.75, 3.05) is 7.11 Å². The van der Waals surface area contributed by atoms with Crippen LogP contribution in [0.15, 0.2) is 54.1 Å². The molecule has 0 bridgehead atoms. The maximum absolute atomic E-state index is 12.9. The molecule has 0 spiro atoms. The number of rotatable bonds is 2. The first-order chi connectivity index (χ1) is 11.4. The molecule has 1 aliphatic rings. The lowest BCUT2D eigenvalue weighted by Gasteiger charge is -2.36. The number of ketones is 1. The van der Waals surface area contributed by atoms with Crippen LogP contribution in [0, 0.1) is 5.41 Å². The summed E-state index contributed by atoms with van der Waals surface area (Å²) in [5, 5.41) is 0. The predicted octanol–water partition coefficient (Wildman–Crippen LogP) is 5.49. The van der Waals surface area contributed by atoms with E-state index in [1.807, 2.05) is 48.5 Å². The highest BCUT2D eigenvalue weighted by molar-refractivity contribution is 6.13. The van der Waals surface area contributed by atoms with Crippen molar-refractivity contribution in [3.63, 3.8) is 0 Å². The maximum atomic E-state index is 12.9. The Balaban J connectivity index is 2.03. The van der Waals surface area contributed by atoms with E-state index in [-0.39, 0.29) is 11.2 Å². The van der Waals surface area contributed by atoms with Crippen LogP contribution in [0.25, 0.3) is 6.08 Å². The SMILES string of the molecule is COc1ccc(/C=C2\C[C@@H](C(C)(C)C)c3ccccc3C2=O)cc1. The van der Waals surface area contributed by atoms with Crippen molar-refractivity contribution in [1.29, 1.82) is 0 Å². The highest BCUT2D eigenvalue weighted by Crippen LogP contribution is 2.45. The number of fused-ring (bicyclic) bond motifs is 1. The first kappa shape index (κ1) is 16.5. The summed E-state index contributed by atoms with van der Waals surface area (Å²) in [6.07, 6.45) is 2.81. The molecule has 0 aliphatic heterocycles. The Bertz CT molecular complexity index is 776. The summed E-state index contributed by atoms with van der Waals surface area (Å²) in [7, 11) is 1.66. The van der Waals surface area contributed by atoms with Gasteiger partial charge in [0.2, 0.25) is 0 Å². The summed E-state index contributed by atoms with van der Waals surface area (Å²) in [6.45, 7) is 6.74. The summed E-state index contributed by atoms with van der Waals surface area (Å²) >= 11 is 0. The van der Waals surface area contributed by atoms with Crippen LogP contribution in [-0.4, -0.2) is 12.9 Å². The van der Waals surface area contributed by atoms with Crippen LogP contribution in [0.4, 0.5) is 0 Å². The summed E-state index contributed by atoms with van der Waals surface area (Å²) in [5.41, 5.74) is 4.06. The normalized spacial score (nSPS) is 19.2. The average molecular weight is 320 g/mol. The van der Waals surface area contributed by atoms with Gasteiger partial charge in [0.1, 0.15) is 5.75 Å². The first-order valence-corrected chi connectivity index (χ1v) is 8.38. The minimum atomic E-state index is 0.107. The van der Waals surface area contributed by atoms with Crippen LogP contribution in [0.1, 0.15) is 54.6 Å². The van der Waals surface area contributed by atoms with Crippen molar-refractivity contribution in [1.82, 2.24) is 0 Å². The zero-order valence-corrected chi connectivity index (χ0v) is 14.8. The third-order valence-corrected chi connectivity index (χ3v) is 4.80. The van der Waals surface area contributed by atoms with Crippen LogP contribution in [-0.2, 0) is 0 Å². The molecule has 2 heteroatoms. The van der Waals surface area contributed by atoms with Gasteiger partial charge in [0.05, 0.1) is 7.11 Å². The van der Waals surface area contributed by atoms with Gasteiger partial charge in [-0.3, -0.25) is 4.79 Å². The number of allylic oxidation sites excluding steroid dienone is 1. The molecule has 0 saturated carbocycles. The van der Waals surface area contributed by atoms with Crippen molar-refractivity contribution in [3.05, 3.63) is 70.8 Å². The van der Waals surface area contributed by atoms with Crippen molar-refractivity contribution in [2.24, 2.45) is 5.41 Å². The van der Waals surface area contributed by atoms with E-state index in [1.165, 1.54) is 5.56 Å². The van der Waals surface area contributed by atoms with Gasteiger partial charge in [-0.05, 0) is 47.1 Å². The Morgan fingerprint density at radius 2 is 1.71 bits per heavy atom. The topological polar surface area (TPSA) is 26.3 Å². The molecular weight excluding hydrogens is 296 g/mol. The highest BCUT2D eigenvalue weighted by Gasteiger charge is 2.35. The second-order valence-electron chi connectivity index (χ2n) is 7.48. The lowest BCUT2D eigenvalue weighted by molar-refractivity contribution is 0.101. The molecule has 24 heavy (non-hydrogen) atoms. The van der Waals surface area contributed by atoms with Crippen molar-refractivity contribution >= 4 is 11.9 Å². The van der Waals surface area contributed by atoms with E-state index in [1.54, 1.807) is 7.11 Å². The molecule has 124 valence electrons. The zero-order chi connectivity index (χ0) is 17.3. The molecule has 0 saturated heterocycles. The van der Waals surface area contributed by atoms with Crippen LogP contribution in [0.2, 0.25) is 0 Å². The molecule has 0 heterocycles. The molecule has 2 aromatic carbocycles. The number of methoxy groups -OCH3 is 1. The second kappa shape index (κ2) is 6.27. The molecule has 1 atom stereocenters. The average Bonchev–Trinajstić information content (AvgIpc) is 2.57. The predicted molar refractivity (Wildman–Crippen MR) is 98.6 cm³/mol. The van der Waals surface area contributed by atoms with Gasteiger partial charge < -0.3 is 4.74 Å². The van der Waals surface area contributed by atoms with Gasteiger partial charge in [-0.25, -0.2) is 0 Å². The minimum Gasteiger partial charge on any atom is -0.497 e. The third-order valence-electron chi connectivity index (χ3n) is 4.80. The van der Waals surface area contributed by atoms with Crippen LogP contribution >= 0.6 is 0 Å². The van der Waals surface area contributed by atoms with Crippen molar-refractivity contribution in [2.45, 2.75) is 33.1 Å². The monoisotopic (exact) mass is 320 g/mol. The molecule has 3 rings (SSSR count). The summed E-state index contributed by atoms with van der Waals surface area (Å²) in [5.74, 6) is 1.32. The molecule has 0 fully saturated rings. The fraction of sp³-hybridized carbons (Fsp3) is 0.318. The quantitative estimate of drug-likeness (QED) is 0.683. The van der Waals surface area contributed by atoms with Crippen molar-refractivity contribution < 1.29 is 9.53 Å². The van der Waals surface area contributed by atoms with Gasteiger partial charge in [0.25, 0.3) is 0 Å². The highest BCUT2D eigenvalue weighted by atomic mass is 16.5. The number of hydrogen-bond donors (Lipinski definition) is 0. The Kier molecular flexibility index (Phi) is 4.31. The zero-order valence-electron chi connectivity index (χ0n) is 14.8. The van der Waals surface area contributed by atoms with E-state index in [2.05, 4.69) is 26.8 Å². The Labute approximate surface area is 144 Å². The number of ether oxygens (including phenoxy) is 1. The van der Waals surface area contributed by atoms with Crippen LogP contribution in [0.3, 0.4) is 0 Å². The number of benzene rings is 2. The molecule has 0 radical (unpaired) electrons. The molecule has 2 nitrogen and oxygen atoms in total. The van der Waals surface area contributed by atoms with E-state index in [9.17, 15) is 4.79 Å². The van der Waals surface area contributed by atoms with E-state index in [0.717, 1.165) is 28.9 Å². The van der Waals surface area contributed by atoms with E-state index in [0.29, 0.717) is 5.92 Å². The molecule has 0 aromatic heterocycles. The Morgan fingerprint density at radius 1 is 1.04 bits per heavy atom. The van der Waals surface area contributed by atoms with Crippen LogP contribution < -0.4 is 4.74 Å². The third kappa shape index (κ3) is 3.14. The van der Waals surface area contributed by atoms with E-state index in [4.69, 9.17) is 4.74 Å². The van der Waals surface area contributed by atoms with Gasteiger partial charge in [-0.2, -0.15) is 0 Å². The fourth-order valence-corrected chi connectivity index (χ4v) is 3.40. The number of carbonyl (C=O) groups is 1. The first-order valence-electron chi connectivity index (χ1n) is 8.38. The second-order valence-corrected chi connectivity index (χ2v) is 7.48. The summed E-state index contributed by atoms with van der Waals surface area (Å²) in [4.78, 5) is 12.9. The maximum Gasteiger partial charge on any atom is 0.189 e. The largest absolute Gasteiger partial charge is 0.497 e. The number of carbonyl (C=O) groups excluding carboxylic acids is 1. The van der Waals surface area contributed by atoms with Gasteiger partial charge in [-0.1, -0.05) is 57.2 Å². The summed E-state index contributed by atoms with van der Waals surface area (Å²) < 4.78 is 5.20. The number of Topliss-reactive ketones (excluding diaryl/α,β-unsaturated/α-hetero) is 1. The smallest absolute Gasteiger partial charge is 0.189 e. The summed E-state index contributed by atoms with van der Waals surface area (Å²) in [6, 6.07) is 15.9. The minimum absolute atomic E-state index is 0.107. The lowest BCUT2D eigenvalue weighted by Crippen LogP contribution is -2.27. The van der Waals surface area contributed by atoms with E-state index >= 15 is 0 Å². The molecule has 0 unspecified atom stereocenters. The molecule has 1 aliphatic carbocycles. The molecular formula is C22H24O2. The Morgan fingerprint density at radius 3 is 2.33 bits per heavy atom. The number of hydrogen-bond acceptors (Lipinski definition) is 2. The van der Waals surface area contributed by atoms with Gasteiger partial charge in [0.15, 0.2) is 5.78 Å². The fourth-order valence-electron chi connectivity index (χ4n) is 3.40. The Hall–Kier alpha value is -2.35. The molecule has 0 N–H and O–H groups in total. The van der Waals surface area contributed by atoms with Crippen LogP contribution in [0.5, 0.6) is 5.75 Å². The van der Waals surface area contributed by atoms with E-state index < -0.39 is 0 Å². The lowest BCUT2D eigenvalue weighted by atomic mass is 9.67. The molecule has 2 aromatic rings. The van der Waals surface area contributed by atoms with Gasteiger partial charge >= 0.3 is 0 Å². The van der Waals surface area contributed by atoms with Gasteiger partial charge in [0, 0.05) is 11.1 Å².